The average molecular weight is 390 g/mol. The molecule has 3 aromatic carbocycles. The Bertz CT molecular complexity index is 1070. The summed E-state index contributed by atoms with van der Waals surface area (Å²) < 4.78 is 5.74. The van der Waals surface area contributed by atoms with Crippen LogP contribution in [0.3, 0.4) is 0 Å². The van der Waals surface area contributed by atoms with Gasteiger partial charge in [0.15, 0.2) is 0 Å². The summed E-state index contributed by atoms with van der Waals surface area (Å²) in [5.74, 6) is 0.642. The van der Waals surface area contributed by atoms with Gasteiger partial charge in [0, 0.05) is 0 Å². The fourth-order valence-electron chi connectivity index (χ4n) is 3.22. The number of hydrazone groups is 1. The number of aryl methyl sites for hydroxylation is 1. The summed E-state index contributed by atoms with van der Waals surface area (Å²) in [6, 6.07) is 14.8. The predicted molar refractivity (Wildman–Crippen MR) is 117 cm³/mol. The van der Waals surface area contributed by atoms with Gasteiger partial charge in [0.1, 0.15) is 11.5 Å². The fourth-order valence-corrected chi connectivity index (χ4v) is 3.22. The molecule has 3 aromatic rings. The molecule has 0 aliphatic rings. The molecule has 0 heterocycles. The van der Waals surface area contributed by atoms with Crippen LogP contribution in [0.15, 0.2) is 53.6 Å². The van der Waals surface area contributed by atoms with E-state index in [1.54, 1.807) is 18.3 Å². The third-order valence-electron chi connectivity index (χ3n) is 4.80. The average Bonchev–Trinajstić information content (AvgIpc) is 2.68. The number of fused-ring (bicyclic) bond motifs is 1. The molecule has 0 spiro atoms. The van der Waals surface area contributed by atoms with Crippen molar-refractivity contribution in [1.29, 1.82) is 0 Å². The van der Waals surface area contributed by atoms with Gasteiger partial charge in [0.05, 0.1) is 18.4 Å². The van der Waals surface area contributed by atoms with Crippen LogP contribution in [0, 0.1) is 6.92 Å². The molecule has 2 N–H and O–H groups in total. The van der Waals surface area contributed by atoms with Gasteiger partial charge in [-0.25, -0.2) is 5.43 Å². The Labute approximate surface area is 171 Å². The highest BCUT2D eigenvalue weighted by molar-refractivity contribution is 6.01. The van der Waals surface area contributed by atoms with E-state index in [4.69, 9.17) is 4.74 Å². The summed E-state index contributed by atoms with van der Waals surface area (Å²) in [6.07, 6.45) is 1.62. The number of nitrogens with zero attached hydrogens (tertiary/aromatic N) is 1. The lowest BCUT2D eigenvalue weighted by atomic mass is 9.97. The monoisotopic (exact) mass is 390 g/mol. The Morgan fingerprint density at radius 2 is 1.86 bits per heavy atom. The molecular formula is C24H26N2O3. The first-order valence-corrected chi connectivity index (χ1v) is 9.73. The van der Waals surface area contributed by atoms with Crippen molar-refractivity contribution >= 4 is 22.9 Å². The molecule has 0 bridgehead atoms. The van der Waals surface area contributed by atoms with Crippen LogP contribution in [0.1, 0.15) is 53.7 Å². The Morgan fingerprint density at radius 1 is 1.17 bits per heavy atom. The van der Waals surface area contributed by atoms with Crippen molar-refractivity contribution < 1.29 is 14.6 Å². The molecule has 5 nitrogen and oxygen atoms in total. The highest BCUT2D eigenvalue weighted by Gasteiger charge is 2.13. The first kappa shape index (κ1) is 20.4. The van der Waals surface area contributed by atoms with Crippen molar-refractivity contribution in [3.63, 3.8) is 0 Å². The van der Waals surface area contributed by atoms with Gasteiger partial charge in [-0.1, -0.05) is 38.1 Å². The van der Waals surface area contributed by atoms with Gasteiger partial charge in [-0.05, 0) is 71.5 Å². The smallest absolute Gasteiger partial charge is 0.275 e. The molecule has 3 rings (SSSR count). The topological polar surface area (TPSA) is 70.9 Å². The van der Waals surface area contributed by atoms with E-state index in [9.17, 15) is 9.90 Å². The van der Waals surface area contributed by atoms with Gasteiger partial charge >= 0.3 is 0 Å². The second kappa shape index (κ2) is 8.78. The van der Waals surface area contributed by atoms with Crippen LogP contribution < -0.4 is 10.2 Å². The van der Waals surface area contributed by atoms with Crippen molar-refractivity contribution in [3.8, 4) is 11.5 Å². The Hall–Kier alpha value is -3.34. The third-order valence-corrected chi connectivity index (χ3v) is 4.80. The lowest BCUT2D eigenvalue weighted by Gasteiger charge is -2.15. The molecule has 0 saturated heterocycles. The van der Waals surface area contributed by atoms with E-state index in [0.717, 1.165) is 33.2 Å². The molecule has 0 unspecified atom stereocenters. The van der Waals surface area contributed by atoms with Gasteiger partial charge in [-0.15, -0.1) is 0 Å². The number of carbonyl (C=O) groups excluding carboxylic acids is 1. The minimum atomic E-state index is -0.461. The van der Waals surface area contributed by atoms with Crippen LogP contribution in [-0.2, 0) is 0 Å². The van der Waals surface area contributed by atoms with Crippen molar-refractivity contribution in [2.45, 2.75) is 33.6 Å². The molecule has 29 heavy (non-hydrogen) atoms. The van der Waals surface area contributed by atoms with E-state index >= 15 is 0 Å². The quantitative estimate of drug-likeness (QED) is 0.452. The number of benzene rings is 3. The molecule has 5 heteroatoms. The number of hydrogen-bond acceptors (Lipinski definition) is 4. The fraction of sp³-hybridized carbons (Fsp3) is 0.250. The van der Waals surface area contributed by atoms with Crippen LogP contribution in [0.2, 0.25) is 0 Å². The van der Waals surface area contributed by atoms with Gasteiger partial charge in [0.2, 0.25) is 0 Å². The highest BCUT2D eigenvalue weighted by atomic mass is 16.5. The van der Waals surface area contributed by atoms with Gasteiger partial charge in [0.25, 0.3) is 5.91 Å². The van der Waals surface area contributed by atoms with Crippen molar-refractivity contribution in [2.24, 2.45) is 5.10 Å². The molecular weight excluding hydrogens is 364 g/mol. The summed E-state index contributed by atoms with van der Waals surface area (Å²) in [5, 5.41) is 16.0. The first-order valence-electron chi connectivity index (χ1n) is 9.73. The highest BCUT2D eigenvalue weighted by Crippen LogP contribution is 2.29. The molecule has 0 atom stereocenters. The molecule has 0 saturated carbocycles. The molecule has 0 aromatic heterocycles. The standard InChI is InChI=1S/C24H26N2O3/c1-5-29-23-10-16(4)19(12-20(23)15(2)3)14-25-26-24(28)21-11-17-8-6-7-9-18(17)13-22(21)27/h6-15,27H,5H2,1-4H3,(H,26,28). The van der Waals surface area contributed by atoms with Crippen LogP contribution in [0.4, 0.5) is 0 Å². The van der Waals surface area contributed by atoms with E-state index in [-0.39, 0.29) is 11.3 Å². The zero-order valence-corrected chi connectivity index (χ0v) is 17.2. The van der Waals surface area contributed by atoms with Crippen LogP contribution in [-0.4, -0.2) is 23.8 Å². The summed E-state index contributed by atoms with van der Waals surface area (Å²) in [5.41, 5.74) is 5.70. The normalized spacial score (nSPS) is 11.3. The Kier molecular flexibility index (Phi) is 6.17. The number of rotatable bonds is 6. The van der Waals surface area contributed by atoms with E-state index in [2.05, 4.69) is 24.4 Å². The second-order valence-electron chi connectivity index (χ2n) is 7.25. The predicted octanol–water partition coefficient (Wildman–Crippen LogP) is 5.14. The molecule has 0 aliphatic heterocycles. The van der Waals surface area contributed by atoms with Crippen molar-refractivity contribution in [1.82, 2.24) is 5.43 Å². The van der Waals surface area contributed by atoms with Crippen LogP contribution >= 0.6 is 0 Å². The van der Waals surface area contributed by atoms with Crippen molar-refractivity contribution in [2.75, 3.05) is 6.61 Å². The van der Waals surface area contributed by atoms with E-state index < -0.39 is 5.91 Å². The maximum absolute atomic E-state index is 12.5. The summed E-state index contributed by atoms with van der Waals surface area (Å²) in [4.78, 5) is 12.5. The Balaban J connectivity index is 1.81. The molecule has 1 amide bonds. The first-order chi connectivity index (χ1) is 13.9. The van der Waals surface area contributed by atoms with Crippen molar-refractivity contribution in [3.05, 3.63) is 70.8 Å². The zero-order chi connectivity index (χ0) is 21.0. The minimum Gasteiger partial charge on any atom is -0.507 e. The minimum absolute atomic E-state index is 0.0734. The molecule has 150 valence electrons. The Morgan fingerprint density at radius 3 is 2.52 bits per heavy atom. The summed E-state index contributed by atoms with van der Waals surface area (Å²) in [7, 11) is 0. The summed E-state index contributed by atoms with van der Waals surface area (Å²) in [6.45, 7) is 8.77. The number of carbonyl (C=O) groups is 1. The second-order valence-corrected chi connectivity index (χ2v) is 7.25. The third kappa shape index (κ3) is 4.57. The number of phenolic OH excluding ortho intramolecular Hbond substituents is 1. The number of aromatic hydroxyl groups is 1. The maximum Gasteiger partial charge on any atom is 0.275 e. The lowest BCUT2D eigenvalue weighted by Crippen LogP contribution is -2.18. The maximum atomic E-state index is 12.5. The van der Waals surface area contributed by atoms with Gasteiger partial charge < -0.3 is 9.84 Å². The number of phenols is 1. The van der Waals surface area contributed by atoms with Gasteiger partial charge in [-0.2, -0.15) is 5.10 Å². The van der Waals surface area contributed by atoms with E-state index in [1.807, 2.05) is 50.2 Å². The molecule has 0 aliphatic carbocycles. The largest absolute Gasteiger partial charge is 0.507 e. The van der Waals surface area contributed by atoms with Gasteiger partial charge in [-0.3, -0.25) is 4.79 Å². The summed E-state index contributed by atoms with van der Waals surface area (Å²) >= 11 is 0. The number of nitrogens with one attached hydrogen (secondary N) is 1. The van der Waals surface area contributed by atoms with E-state index in [0.29, 0.717) is 12.5 Å². The SMILES string of the molecule is CCOc1cc(C)c(C=NNC(=O)c2cc3ccccc3cc2O)cc1C(C)C. The number of ether oxygens (including phenoxy) is 1. The zero-order valence-electron chi connectivity index (χ0n) is 17.2. The number of hydrogen-bond donors (Lipinski definition) is 2. The number of amides is 1. The lowest BCUT2D eigenvalue weighted by molar-refractivity contribution is 0.0952. The molecule has 0 radical (unpaired) electrons. The van der Waals surface area contributed by atoms with Crippen LogP contribution in [0.5, 0.6) is 11.5 Å². The molecule has 0 fully saturated rings. The van der Waals surface area contributed by atoms with E-state index in [1.165, 1.54) is 0 Å². The van der Waals surface area contributed by atoms with Crippen LogP contribution in [0.25, 0.3) is 10.8 Å².